The highest BCUT2D eigenvalue weighted by atomic mass is 32.2. The van der Waals surface area contributed by atoms with Crippen LogP contribution in [-0.4, -0.2) is 44.7 Å². The second-order valence-corrected chi connectivity index (χ2v) is 8.96. The number of hydrogen-bond donors (Lipinski definition) is 2. The molecule has 0 aromatic heterocycles. The molecule has 0 unspecified atom stereocenters. The minimum absolute atomic E-state index is 0.123. The van der Waals surface area contributed by atoms with Crippen LogP contribution in [0.25, 0.3) is 0 Å². The van der Waals surface area contributed by atoms with Crippen LogP contribution in [-0.2, 0) is 14.8 Å². The van der Waals surface area contributed by atoms with E-state index in [-0.39, 0.29) is 28.0 Å². The molecule has 0 radical (unpaired) electrons. The predicted molar refractivity (Wildman–Crippen MR) is 108 cm³/mol. The van der Waals surface area contributed by atoms with Gasteiger partial charge in [-0.05, 0) is 42.3 Å². The predicted octanol–water partition coefficient (Wildman–Crippen LogP) is 2.47. The minimum Gasteiger partial charge on any atom is -0.352 e. The zero-order valence-corrected chi connectivity index (χ0v) is 17.3. The van der Waals surface area contributed by atoms with Gasteiger partial charge in [-0.1, -0.05) is 26.0 Å². The molecule has 0 fully saturated rings. The molecule has 9 heteroatoms. The monoisotopic (exact) mass is 421 g/mol. The topological polar surface area (TPSA) is 95.6 Å². The van der Waals surface area contributed by atoms with Gasteiger partial charge in [0, 0.05) is 13.6 Å². The molecule has 0 aliphatic carbocycles. The summed E-state index contributed by atoms with van der Waals surface area (Å²) in [6.45, 7) is 3.94. The van der Waals surface area contributed by atoms with Crippen molar-refractivity contribution < 1.29 is 22.4 Å². The minimum atomic E-state index is -3.96. The molecule has 0 heterocycles. The van der Waals surface area contributed by atoms with Gasteiger partial charge in [-0.15, -0.1) is 0 Å². The quantitative estimate of drug-likeness (QED) is 0.685. The first-order chi connectivity index (χ1) is 13.6. The number of para-hydroxylation sites is 1. The molecule has 7 nitrogen and oxygen atoms in total. The molecule has 2 amide bonds. The first-order valence-corrected chi connectivity index (χ1v) is 10.4. The summed E-state index contributed by atoms with van der Waals surface area (Å²) in [4.78, 5) is 24.6. The molecule has 0 saturated carbocycles. The van der Waals surface area contributed by atoms with E-state index in [0.29, 0.717) is 6.54 Å². The van der Waals surface area contributed by atoms with Gasteiger partial charge in [-0.3, -0.25) is 9.59 Å². The molecule has 2 aromatic carbocycles. The van der Waals surface area contributed by atoms with Crippen LogP contribution in [0.15, 0.2) is 53.4 Å². The van der Waals surface area contributed by atoms with Gasteiger partial charge in [0.15, 0.2) is 0 Å². The Labute approximate surface area is 170 Å². The Morgan fingerprint density at radius 1 is 1.07 bits per heavy atom. The number of carbonyl (C=O) groups is 2. The lowest BCUT2D eigenvalue weighted by atomic mass is 10.1. The number of amides is 2. The summed E-state index contributed by atoms with van der Waals surface area (Å²) >= 11 is 0. The zero-order chi connectivity index (χ0) is 21.6. The van der Waals surface area contributed by atoms with E-state index in [4.69, 9.17) is 0 Å². The summed E-state index contributed by atoms with van der Waals surface area (Å²) in [5.41, 5.74) is 0.567. The highest BCUT2D eigenvalue weighted by Crippen LogP contribution is 2.17. The summed E-state index contributed by atoms with van der Waals surface area (Å²) in [5, 5.41) is 5.35. The smallest absolute Gasteiger partial charge is 0.253 e. The maximum absolute atomic E-state index is 13.0. The third-order valence-corrected chi connectivity index (χ3v) is 5.82. The third kappa shape index (κ3) is 6.10. The van der Waals surface area contributed by atoms with E-state index < -0.39 is 28.3 Å². The molecule has 2 aromatic rings. The van der Waals surface area contributed by atoms with Gasteiger partial charge in [-0.2, -0.15) is 4.31 Å². The van der Waals surface area contributed by atoms with Gasteiger partial charge >= 0.3 is 0 Å². The van der Waals surface area contributed by atoms with Crippen molar-refractivity contribution in [1.82, 2.24) is 9.62 Å². The summed E-state index contributed by atoms with van der Waals surface area (Å²) in [7, 11) is -2.71. The largest absolute Gasteiger partial charge is 0.352 e. The number of hydrogen-bond acceptors (Lipinski definition) is 4. The number of benzene rings is 2. The van der Waals surface area contributed by atoms with Crippen LogP contribution in [0.2, 0.25) is 0 Å². The van der Waals surface area contributed by atoms with Gasteiger partial charge < -0.3 is 10.6 Å². The molecule has 2 rings (SSSR count). The van der Waals surface area contributed by atoms with E-state index in [9.17, 15) is 22.4 Å². The number of carbonyl (C=O) groups excluding carboxylic acids is 2. The fraction of sp³-hybridized carbons (Fsp3) is 0.300. The van der Waals surface area contributed by atoms with Gasteiger partial charge in [0.2, 0.25) is 15.9 Å². The number of halogens is 1. The average molecular weight is 421 g/mol. The molecule has 29 heavy (non-hydrogen) atoms. The fourth-order valence-electron chi connectivity index (χ4n) is 2.45. The van der Waals surface area contributed by atoms with Crippen molar-refractivity contribution in [3.8, 4) is 0 Å². The van der Waals surface area contributed by atoms with Crippen LogP contribution in [0.3, 0.4) is 0 Å². The number of nitrogens with one attached hydrogen (secondary N) is 2. The van der Waals surface area contributed by atoms with E-state index in [1.54, 1.807) is 24.3 Å². The lowest BCUT2D eigenvalue weighted by Gasteiger charge is -2.18. The maximum Gasteiger partial charge on any atom is 0.253 e. The van der Waals surface area contributed by atoms with E-state index in [1.807, 2.05) is 13.8 Å². The molecule has 2 N–H and O–H groups in total. The molecular weight excluding hydrogens is 397 g/mol. The number of likely N-dealkylation sites (N-methyl/N-ethyl adjacent to an activating group) is 1. The van der Waals surface area contributed by atoms with Crippen LogP contribution >= 0.6 is 0 Å². The van der Waals surface area contributed by atoms with Crippen molar-refractivity contribution in [3.63, 3.8) is 0 Å². The van der Waals surface area contributed by atoms with E-state index in [2.05, 4.69) is 10.6 Å². The van der Waals surface area contributed by atoms with E-state index in [0.717, 1.165) is 28.6 Å². The Bertz CT molecular complexity index is 975. The number of rotatable bonds is 8. The molecular formula is C20H24FN3O4S. The van der Waals surface area contributed by atoms with Gasteiger partial charge in [-0.25, -0.2) is 12.8 Å². The molecule has 156 valence electrons. The normalized spacial score (nSPS) is 11.5. The lowest BCUT2D eigenvalue weighted by Crippen LogP contribution is -2.35. The summed E-state index contributed by atoms with van der Waals surface area (Å²) in [6, 6.07) is 10.8. The highest BCUT2D eigenvalue weighted by molar-refractivity contribution is 7.89. The summed E-state index contributed by atoms with van der Waals surface area (Å²) in [6.07, 6.45) is 0. The van der Waals surface area contributed by atoms with Gasteiger partial charge in [0.1, 0.15) is 5.82 Å². The first kappa shape index (κ1) is 22.5. The molecule has 0 atom stereocenters. The average Bonchev–Trinajstić information content (AvgIpc) is 2.66. The Hall–Kier alpha value is -2.78. The van der Waals surface area contributed by atoms with Crippen molar-refractivity contribution in [2.75, 3.05) is 25.5 Å². The van der Waals surface area contributed by atoms with Crippen molar-refractivity contribution >= 4 is 27.5 Å². The molecule has 0 aliphatic heterocycles. The Morgan fingerprint density at radius 3 is 2.31 bits per heavy atom. The van der Waals surface area contributed by atoms with Crippen LogP contribution in [0, 0.1) is 11.7 Å². The van der Waals surface area contributed by atoms with Gasteiger partial charge in [0.05, 0.1) is 22.7 Å². The fourth-order valence-corrected chi connectivity index (χ4v) is 3.57. The van der Waals surface area contributed by atoms with E-state index in [1.165, 1.54) is 7.05 Å². The standard InChI is InChI=1S/C20H24FN3O4S/c1-14(2)12-22-20(26)17-6-4-5-7-18(17)23-19(25)13-24(3)29(27,28)16-10-8-15(21)9-11-16/h4-11,14H,12-13H2,1-3H3,(H,22,26)(H,23,25). The molecule has 0 saturated heterocycles. The lowest BCUT2D eigenvalue weighted by molar-refractivity contribution is -0.116. The van der Waals surface area contributed by atoms with Crippen molar-refractivity contribution in [2.24, 2.45) is 5.92 Å². The maximum atomic E-state index is 13.0. The molecule has 0 bridgehead atoms. The van der Waals surface area contributed by atoms with Crippen LogP contribution in [0.4, 0.5) is 10.1 Å². The number of sulfonamides is 1. The number of anilines is 1. The first-order valence-electron chi connectivity index (χ1n) is 9.00. The summed E-state index contributed by atoms with van der Waals surface area (Å²) < 4.78 is 38.9. The Morgan fingerprint density at radius 2 is 1.69 bits per heavy atom. The third-order valence-electron chi connectivity index (χ3n) is 4.00. The van der Waals surface area contributed by atoms with Crippen LogP contribution in [0.5, 0.6) is 0 Å². The van der Waals surface area contributed by atoms with Gasteiger partial charge in [0.25, 0.3) is 5.91 Å². The van der Waals surface area contributed by atoms with E-state index >= 15 is 0 Å². The van der Waals surface area contributed by atoms with Crippen LogP contribution in [0.1, 0.15) is 24.2 Å². The van der Waals surface area contributed by atoms with Crippen molar-refractivity contribution in [1.29, 1.82) is 0 Å². The van der Waals surface area contributed by atoms with Crippen LogP contribution < -0.4 is 10.6 Å². The second-order valence-electron chi connectivity index (χ2n) is 6.91. The Kier molecular flexibility index (Phi) is 7.46. The summed E-state index contributed by atoms with van der Waals surface area (Å²) in [5.74, 6) is -1.23. The second kappa shape index (κ2) is 9.62. The molecule has 0 spiro atoms. The number of nitrogens with zero attached hydrogens (tertiary/aromatic N) is 1. The zero-order valence-electron chi connectivity index (χ0n) is 16.5. The van der Waals surface area contributed by atoms with Crippen molar-refractivity contribution in [2.45, 2.75) is 18.7 Å². The van der Waals surface area contributed by atoms with Crippen molar-refractivity contribution in [3.05, 3.63) is 59.9 Å². The Balaban J connectivity index is 2.09. The SMILES string of the molecule is CC(C)CNC(=O)c1ccccc1NC(=O)CN(C)S(=O)(=O)c1ccc(F)cc1. The molecule has 0 aliphatic rings. The highest BCUT2D eigenvalue weighted by Gasteiger charge is 2.23.